The van der Waals surface area contributed by atoms with Crippen molar-refractivity contribution in [3.63, 3.8) is 0 Å². The van der Waals surface area contributed by atoms with Gasteiger partial charge in [-0.25, -0.2) is 0 Å². The van der Waals surface area contributed by atoms with Crippen LogP contribution in [0.5, 0.6) is 0 Å². The largest absolute Gasteiger partial charge is 0.339 e. The molecular weight excluding hydrogens is 314 g/mol. The molecule has 0 unspecified atom stereocenters. The second-order valence-corrected chi connectivity index (χ2v) is 8.73. The van der Waals surface area contributed by atoms with Gasteiger partial charge in [-0.1, -0.05) is 0 Å². The molecule has 0 atom stereocenters. The number of hydrogen-bond acceptors (Lipinski definition) is 5. The van der Waals surface area contributed by atoms with E-state index in [2.05, 4.69) is 45.3 Å². The number of nitrogens with zero attached hydrogens (tertiary/aromatic N) is 2. The molecule has 136 valence electrons. The van der Waals surface area contributed by atoms with Crippen LogP contribution in [0.15, 0.2) is 0 Å². The number of carbonyl (C=O) groups excluding carboxylic acids is 2. The van der Waals surface area contributed by atoms with Gasteiger partial charge in [0.1, 0.15) is 0 Å². The van der Waals surface area contributed by atoms with Crippen LogP contribution in [0.4, 0.5) is 0 Å². The number of piperazine rings is 1. The maximum Gasteiger partial charge on any atom is 0.229 e. The van der Waals surface area contributed by atoms with Gasteiger partial charge in [0.05, 0.1) is 12.4 Å². The van der Waals surface area contributed by atoms with E-state index in [9.17, 15) is 9.59 Å². The van der Waals surface area contributed by atoms with Gasteiger partial charge < -0.3 is 20.9 Å². The molecule has 23 heavy (non-hydrogen) atoms. The van der Waals surface area contributed by atoms with E-state index >= 15 is 0 Å². The Labute approximate surface area is 142 Å². The van der Waals surface area contributed by atoms with Crippen molar-refractivity contribution in [1.82, 2.24) is 25.8 Å². The van der Waals surface area contributed by atoms with Gasteiger partial charge in [-0.05, 0) is 19.6 Å². The third kappa shape index (κ3) is 10.5. The van der Waals surface area contributed by atoms with Crippen molar-refractivity contribution in [2.24, 2.45) is 0 Å². The summed E-state index contributed by atoms with van der Waals surface area (Å²) in [4.78, 5) is 27.9. The summed E-state index contributed by atoms with van der Waals surface area (Å²) >= 11 is 0. The first kappa shape index (κ1) is 20.2. The van der Waals surface area contributed by atoms with Crippen LogP contribution in [0.25, 0.3) is 0 Å². The van der Waals surface area contributed by atoms with E-state index in [0.29, 0.717) is 18.7 Å². The Hall–Kier alpha value is -0.830. The average Bonchev–Trinajstić information content (AvgIpc) is 2.48. The SMILES string of the molecule is CN1CCN(CCNCCC(=O)NCNC(=O)C[SH](C)C)CC1. The van der Waals surface area contributed by atoms with Crippen molar-refractivity contribution in [1.29, 1.82) is 0 Å². The van der Waals surface area contributed by atoms with Crippen LogP contribution in [-0.4, -0.2) is 99.4 Å². The van der Waals surface area contributed by atoms with E-state index in [4.69, 9.17) is 0 Å². The highest BCUT2D eigenvalue weighted by Crippen LogP contribution is 2.10. The van der Waals surface area contributed by atoms with Crippen LogP contribution in [0.1, 0.15) is 6.42 Å². The molecule has 0 aromatic rings. The number of carbonyl (C=O) groups is 2. The van der Waals surface area contributed by atoms with Gasteiger partial charge in [-0.3, -0.25) is 25.4 Å². The molecule has 0 bridgehead atoms. The lowest BCUT2D eigenvalue weighted by Crippen LogP contribution is -2.46. The minimum atomic E-state index is -0.235. The molecule has 0 aromatic carbocycles. The van der Waals surface area contributed by atoms with Gasteiger partial charge in [0, 0.05) is 52.2 Å². The van der Waals surface area contributed by atoms with Crippen molar-refractivity contribution in [3.8, 4) is 0 Å². The summed E-state index contributed by atoms with van der Waals surface area (Å²) in [5, 5.41) is 8.72. The fourth-order valence-corrected chi connectivity index (χ4v) is 2.99. The predicted octanol–water partition coefficient (Wildman–Crippen LogP) is -1.34. The highest BCUT2D eigenvalue weighted by molar-refractivity contribution is 8.16. The minimum absolute atomic E-state index is 0.00622. The number of hydrogen-bond donors (Lipinski definition) is 4. The van der Waals surface area contributed by atoms with Crippen LogP contribution in [0.2, 0.25) is 0 Å². The van der Waals surface area contributed by atoms with Gasteiger partial charge in [0.15, 0.2) is 0 Å². The predicted molar refractivity (Wildman–Crippen MR) is 98.3 cm³/mol. The minimum Gasteiger partial charge on any atom is -0.339 e. The number of likely N-dealkylation sites (N-methyl/N-ethyl adjacent to an activating group) is 1. The van der Waals surface area contributed by atoms with E-state index < -0.39 is 0 Å². The lowest BCUT2D eigenvalue weighted by Gasteiger charge is -2.32. The zero-order valence-corrected chi connectivity index (χ0v) is 15.6. The molecule has 7 nitrogen and oxygen atoms in total. The maximum atomic E-state index is 11.6. The molecule has 1 aliphatic heterocycles. The van der Waals surface area contributed by atoms with Crippen LogP contribution in [-0.2, 0) is 9.59 Å². The Morgan fingerprint density at radius 3 is 2.30 bits per heavy atom. The highest BCUT2D eigenvalue weighted by Gasteiger charge is 2.12. The Morgan fingerprint density at radius 1 is 1.00 bits per heavy atom. The Balaban J connectivity index is 1.93. The van der Waals surface area contributed by atoms with E-state index in [-0.39, 0.29) is 29.4 Å². The summed E-state index contributed by atoms with van der Waals surface area (Å²) < 4.78 is 0. The fourth-order valence-electron chi connectivity index (χ4n) is 2.31. The summed E-state index contributed by atoms with van der Waals surface area (Å²) in [6.45, 7) is 7.34. The molecule has 3 N–H and O–H groups in total. The van der Waals surface area contributed by atoms with Gasteiger partial charge in [-0.15, -0.1) is 0 Å². The molecular formula is C15H33N5O2S. The maximum absolute atomic E-state index is 11.6. The van der Waals surface area contributed by atoms with Crippen LogP contribution in [0.3, 0.4) is 0 Å². The summed E-state index contributed by atoms with van der Waals surface area (Å²) in [6.07, 6.45) is 4.55. The Kier molecular flexibility index (Phi) is 10.3. The van der Waals surface area contributed by atoms with E-state index in [1.165, 1.54) is 0 Å². The first-order chi connectivity index (χ1) is 11.0. The van der Waals surface area contributed by atoms with Crippen LogP contribution >= 0.6 is 10.9 Å². The highest BCUT2D eigenvalue weighted by atomic mass is 32.2. The molecule has 2 amide bonds. The van der Waals surface area contributed by atoms with Crippen molar-refractivity contribution in [2.45, 2.75) is 6.42 Å². The van der Waals surface area contributed by atoms with Gasteiger partial charge >= 0.3 is 0 Å². The molecule has 0 radical (unpaired) electrons. The number of thiol groups is 1. The summed E-state index contributed by atoms with van der Waals surface area (Å²) in [5.74, 6) is 0.526. The number of nitrogens with one attached hydrogen (secondary N) is 3. The normalized spacial score (nSPS) is 16.9. The third-order valence-corrected chi connectivity index (χ3v) is 4.68. The van der Waals surface area contributed by atoms with Crippen molar-refractivity contribution in [3.05, 3.63) is 0 Å². The monoisotopic (exact) mass is 347 g/mol. The number of amides is 2. The zero-order valence-electron chi connectivity index (χ0n) is 14.7. The van der Waals surface area contributed by atoms with Gasteiger partial charge in [-0.2, -0.15) is 0 Å². The first-order valence-corrected chi connectivity index (χ1v) is 10.7. The molecule has 1 aliphatic rings. The molecule has 8 heteroatoms. The van der Waals surface area contributed by atoms with Crippen molar-refractivity contribution >= 4 is 22.7 Å². The second-order valence-electron chi connectivity index (χ2n) is 6.26. The molecule has 1 fully saturated rings. The van der Waals surface area contributed by atoms with Crippen molar-refractivity contribution < 1.29 is 9.59 Å². The Morgan fingerprint density at radius 2 is 1.65 bits per heavy atom. The Bertz CT molecular complexity index is 360. The lowest BCUT2D eigenvalue weighted by molar-refractivity contribution is -0.121. The lowest BCUT2D eigenvalue weighted by atomic mass is 10.3. The number of rotatable bonds is 10. The molecule has 0 spiro atoms. The summed E-state index contributed by atoms with van der Waals surface area (Å²) in [5.41, 5.74) is 0. The van der Waals surface area contributed by atoms with E-state index in [0.717, 1.165) is 39.3 Å². The first-order valence-electron chi connectivity index (χ1n) is 8.27. The zero-order chi connectivity index (χ0) is 17.1. The standard InChI is InChI=1S/C15H33N5O2S/c1-19-8-10-20(11-9-19)7-6-16-5-4-14(21)17-13-18-15(22)12-23(2)3/h16,23H,4-13H2,1-3H3,(H,17,21)(H,18,22). The third-order valence-electron chi connectivity index (χ3n) is 3.76. The second kappa shape index (κ2) is 11.7. The smallest absolute Gasteiger partial charge is 0.229 e. The van der Waals surface area contributed by atoms with E-state index in [1.54, 1.807) is 0 Å². The topological polar surface area (TPSA) is 76.7 Å². The summed E-state index contributed by atoms with van der Waals surface area (Å²) in [6, 6.07) is 0. The fraction of sp³-hybridized carbons (Fsp3) is 0.867. The van der Waals surface area contributed by atoms with Gasteiger partial charge in [0.2, 0.25) is 11.8 Å². The average molecular weight is 348 g/mol. The summed E-state index contributed by atoms with van der Waals surface area (Å²) in [7, 11) is 1.92. The molecule has 0 aliphatic carbocycles. The van der Waals surface area contributed by atoms with Crippen molar-refractivity contribution in [2.75, 3.05) is 77.8 Å². The van der Waals surface area contributed by atoms with Crippen LogP contribution < -0.4 is 16.0 Å². The molecule has 1 heterocycles. The quantitative estimate of drug-likeness (QED) is 0.224. The molecule has 0 aromatic heterocycles. The van der Waals surface area contributed by atoms with Crippen LogP contribution in [0, 0.1) is 0 Å². The molecule has 1 rings (SSSR count). The molecule has 0 saturated carbocycles. The molecule has 1 saturated heterocycles. The van der Waals surface area contributed by atoms with E-state index in [1.807, 2.05) is 0 Å². The van der Waals surface area contributed by atoms with Gasteiger partial charge in [0.25, 0.3) is 0 Å².